The molecule has 0 aliphatic heterocycles. The minimum absolute atomic E-state index is 0.210. The van der Waals surface area contributed by atoms with Crippen LogP contribution in [0, 0.1) is 0 Å². The van der Waals surface area contributed by atoms with Gasteiger partial charge in [0.2, 0.25) is 0 Å². The third kappa shape index (κ3) is 5.16. The maximum atomic E-state index is 10.9. The van der Waals surface area contributed by atoms with Crippen LogP contribution >= 0.6 is 0 Å². The highest BCUT2D eigenvalue weighted by Gasteiger charge is 2.33. The molecule has 0 aliphatic rings. The van der Waals surface area contributed by atoms with Crippen LogP contribution in [0.5, 0.6) is 0 Å². The number of aliphatic hydroxyl groups is 2. The number of carbonyl (C=O) groups is 1. The van der Waals surface area contributed by atoms with Crippen molar-refractivity contribution in [1.29, 1.82) is 0 Å². The van der Waals surface area contributed by atoms with Gasteiger partial charge in [-0.15, -0.1) is 0 Å². The van der Waals surface area contributed by atoms with E-state index in [0.29, 0.717) is 0 Å². The molecule has 14 heavy (non-hydrogen) atoms. The highest BCUT2D eigenvalue weighted by molar-refractivity contribution is 5.77. The molecule has 0 saturated carbocycles. The third-order valence-corrected chi connectivity index (χ3v) is 1.84. The molecule has 0 atom stereocenters. The Kier molecular flexibility index (Phi) is 6.44. The Morgan fingerprint density at radius 1 is 1.36 bits per heavy atom. The predicted molar refractivity (Wildman–Crippen MR) is 51.3 cm³/mol. The second kappa shape index (κ2) is 6.75. The van der Waals surface area contributed by atoms with Crippen LogP contribution in [0.4, 0.5) is 0 Å². The van der Waals surface area contributed by atoms with Crippen molar-refractivity contribution >= 4 is 5.97 Å². The summed E-state index contributed by atoms with van der Waals surface area (Å²) in [5.41, 5.74) is 4.96. The Bertz CT molecular complexity index is 170. The van der Waals surface area contributed by atoms with Crippen LogP contribution < -0.4 is 5.73 Å². The molecule has 0 aliphatic carbocycles. The van der Waals surface area contributed by atoms with Crippen molar-refractivity contribution in [2.24, 2.45) is 5.73 Å². The SMILES string of the molecule is CCCCCCOC(=O)C(O)(O)CN. The summed E-state index contributed by atoms with van der Waals surface area (Å²) in [6.45, 7) is 1.73. The van der Waals surface area contributed by atoms with Gasteiger partial charge in [0.05, 0.1) is 13.2 Å². The molecule has 5 nitrogen and oxygen atoms in total. The quantitative estimate of drug-likeness (QED) is 0.303. The average molecular weight is 205 g/mol. The zero-order valence-electron chi connectivity index (χ0n) is 8.53. The van der Waals surface area contributed by atoms with Gasteiger partial charge in [-0.3, -0.25) is 0 Å². The fourth-order valence-corrected chi connectivity index (χ4v) is 0.893. The summed E-state index contributed by atoms with van der Waals surface area (Å²) in [5, 5.41) is 17.9. The van der Waals surface area contributed by atoms with E-state index >= 15 is 0 Å². The fourth-order valence-electron chi connectivity index (χ4n) is 0.893. The summed E-state index contributed by atoms with van der Waals surface area (Å²) in [6.07, 6.45) is 3.88. The van der Waals surface area contributed by atoms with Crippen LogP contribution in [-0.4, -0.2) is 35.1 Å². The first-order chi connectivity index (χ1) is 6.54. The molecule has 0 amide bonds. The van der Waals surface area contributed by atoms with Gasteiger partial charge in [-0.05, 0) is 6.42 Å². The monoisotopic (exact) mass is 205 g/mol. The summed E-state index contributed by atoms with van der Waals surface area (Å²) in [5.74, 6) is -3.61. The van der Waals surface area contributed by atoms with Gasteiger partial charge >= 0.3 is 5.97 Å². The molecule has 0 unspecified atom stereocenters. The van der Waals surface area contributed by atoms with E-state index in [-0.39, 0.29) is 6.61 Å². The van der Waals surface area contributed by atoms with Gasteiger partial charge in [-0.1, -0.05) is 26.2 Å². The summed E-state index contributed by atoms with van der Waals surface area (Å²) >= 11 is 0. The van der Waals surface area contributed by atoms with Crippen molar-refractivity contribution in [2.75, 3.05) is 13.2 Å². The van der Waals surface area contributed by atoms with Crippen LogP contribution in [0.25, 0.3) is 0 Å². The van der Waals surface area contributed by atoms with Crippen LogP contribution in [0.15, 0.2) is 0 Å². The number of hydrogen-bond donors (Lipinski definition) is 3. The lowest BCUT2D eigenvalue weighted by atomic mass is 10.2. The lowest BCUT2D eigenvalue weighted by Gasteiger charge is -2.17. The average Bonchev–Trinajstić information content (AvgIpc) is 2.17. The van der Waals surface area contributed by atoms with E-state index in [0.717, 1.165) is 25.7 Å². The first-order valence-electron chi connectivity index (χ1n) is 4.86. The van der Waals surface area contributed by atoms with Gasteiger partial charge in [-0.25, -0.2) is 4.79 Å². The van der Waals surface area contributed by atoms with Gasteiger partial charge in [0.25, 0.3) is 5.79 Å². The summed E-state index contributed by atoms with van der Waals surface area (Å²) in [4.78, 5) is 10.9. The lowest BCUT2D eigenvalue weighted by Crippen LogP contribution is -2.46. The molecule has 0 aromatic heterocycles. The number of ether oxygens (including phenoxy) is 1. The van der Waals surface area contributed by atoms with E-state index < -0.39 is 18.3 Å². The molecule has 5 heteroatoms. The Morgan fingerprint density at radius 2 is 2.00 bits per heavy atom. The largest absolute Gasteiger partial charge is 0.462 e. The van der Waals surface area contributed by atoms with Gasteiger partial charge in [0, 0.05) is 0 Å². The summed E-state index contributed by atoms with van der Waals surface area (Å²) < 4.78 is 4.63. The van der Waals surface area contributed by atoms with E-state index in [1.165, 1.54) is 0 Å². The van der Waals surface area contributed by atoms with Gasteiger partial charge < -0.3 is 20.7 Å². The lowest BCUT2D eigenvalue weighted by molar-refractivity contribution is -0.205. The zero-order chi connectivity index (χ0) is 11.0. The Hall–Kier alpha value is -0.650. The molecule has 0 radical (unpaired) electrons. The summed E-state index contributed by atoms with van der Waals surface area (Å²) in [7, 11) is 0. The van der Waals surface area contributed by atoms with Crippen molar-refractivity contribution in [3.8, 4) is 0 Å². The smallest absolute Gasteiger partial charge is 0.367 e. The number of unbranched alkanes of at least 4 members (excludes halogenated alkanes) is 3. The molecular weight excluding hydrogens is 186 g/mol. The van der Waals surface area contributed by atoms with E-state index in [2.05, 4.69) is 11.7 Å². The van der Waals surface area contributed by atoms with Crippen molar-refractivity contribution in [2.45, 2.75) is 38.4 Å². The maximum absolute atomic E-state index is 10.9. The number of esters is 1. The topological polar surface area (TPSA) is 92.8 Å². The molecule has 0 fully saturated rings. The molecule has 4 N–H and O–H groups in total. The zero-order valence-corrected chi connectivity index (χ0v) is 8.53. The molecule has 0 spiro atoms. The van der Waals surface area contributed by atoms with Gasteiger partial charge in [0.1, 0.15) is 0 Å². The predicted octanol–water partition coefficient (Wildman–Crippen LogP) is -0.251. The maximum Gasteiger partial charge on any atom is 0.367 e. The van der Waals surface area contributed by atoms with Gasteiger partial charge in [0.15, 0.2) is 0 Å². The second-order valence-corrected chi connectivity index (χ2v) is 3.22. The second-order valence-electron chi connectivity index (χ2n) is 3.22. The van der Waals surface area contributed by atoms with E-state index in [9.17, 15) is 4.79 Å². The van der Waals surface area contributed by atoms with Crippen molar-refractivity contribution in [3.05, 3.63) is 0 Å². The first-order valence-corrected chi connectivity index (χ1v) is 4.86. The van der Waals surface area contributed by atoms with E-state index in [1.54, 1.807) is 0 Å². The van der Waals surface area contributed by atoms with E-state index in [4.69, 9.17) is 15.9 Å². The van der Waals surface area contributed by atoms with Gasteiger partial charge in [-0.2, -0.15) is 0 Å². The molecule has 0 aromatic rings. The molecule has 0 heterocycles. The highest BCUT2D eigenvalue weighted by atomic mass is 16.6. The van der Waals surface area contributed by atoms with Crippen LogP contribution in [-0.2, 0) is 9.53 Å². The Balaban J connectivity index is 3.54. The minimum atomic E-state index is -2.54. The van der Waals surface area contributed by atoms with Crippen molar-refractivity contribution in [1.82, 2.24) is 0 Å². The molecule has 0 aromatic carbocycles. The Morgan fingerprint density at radius 3 is 2.50 bits per heavy atom. The first kappa shape index (κ1) is 13.4. The number of carbonyl (C=O) groups excluding carboxylic acids is 1. The number of nitrogens with two attached hydrogens (primary N) is 1. The van der Waals surface area contributed by atoms with Crippen molar-refractivity contribution < 1.29 is 19.7 Å². The molecule has 0 saturated heterocycles. The Labute approximate surface area is 83.9 Å². The number of rotatable bonds is 7. The normalized spacial score (nSPS) is 11.4. The standard InChI is InChI=1S/C9H19NO4/c1-2-3-4-5-6-14-8(11)9(12,13)7-10/h12-13H,2-7,10H2,1H3. The van der Waals surface area contributed by atoms with Crippen LogP contribution in [0.1, 0.15) is 32.6 Å². The van der Waals surface area contributed by atoms with E-state index in [1.807, 2.05) is 0 Å². The molecular formula is C9H19NO4. The third-order valence-electron chi connectivity index (χ3n) is 1.84. The summed E-state index contributed by atoms with van der Waals surface area (Å²) in [6, 6.07) is 0. The highest BCUT2D eigenvalue weighted by Crippen LogP contribution is 2.03. The minimum Gasteiger partial charge on any atom is -0.462 e. The van der Waals surface area contributed by atoms with Crippen LogP contribution in [0.3, 0.4) is 0 Å². The molecule has 84 valence electrons. The van der Waals surface area contributed by atoms with Crippen molar-refractivity contribution in [3.63, 3.8) is 0 Å². The number of hydrogen-bond acceptors (Lipinski definition) is 5. The molecule has 0 rings (SSSR count). The fraction of sp³-hybridized carbons (Fsp3) is 0.889. The molecule has 0 bridgehead atoms. The van der Waals surface area contributed by atoms with Crippen LogP contribution in [0.2, 0.25) is 0 Å².